The number of fused-ring (bicyclic) bond motifs is 2. The van der Waals surface area contributed by atoms with Crippen LogP contribution in [0.25, 0.3) is 0 Å². The van der Waals surface area contributed by atoms with E-state index >= 15 is 0 Å². The normalized spacial score (nSPS) is 21.0. The fraction of sp³-hybridized carbons (Fsp3) is 0.458. The van der Waals surface area contributed by atoms with Gasteiger partial charge in [0.1, 0.15) is 16.6 Å². The molecule has 1 aliphatic carbocycles. The molecule has 1 aromatic carbocycles. The second-order valence-corrected chi connectivity index (χ2v) is 9.12. The van der Waals surface area contributed by atoms with Crippen LogP contribution in [0.3, 0.4) is 0 Å². The minimum Gasteiger partial charge on any atom is -0.503 e. The third-order valence-electron chi connectivity index (χ3n) is 6.71. The first kappa shape index (κ1) is 24.2. The number of nitrogens with zero attached hydrogens (tertiary/aromatic N) is 2. The molecular weight excluding hydrogens is 467 g/mol. The first-order chi connectivity index (χ1) is 16.2. The molecule has 0 bridgehead atoms. The van der Waals surface area contributed by atoms with E-state index in [1.165, 1.54) is 30.3 Å². The third kappa shape index (κ3) is 3.86. The summed E-state index contributed by atoms with van der Waals surface area (Å²) < 4.78 is 26.6. The Kier molecular flexibility index (Phi) is 6.44. The molecule has 2 heterocycles. The van der Waals surface area contributed by atoms with Crippen molar-refractivity contribution in [2.45, 2.75) is 31.7 Å². The molecule has 0 saturated heterocycles. The summed E-state index contributed by atoms with van der Waals surface area (Å²) in [6.07, 6.45) is 1.87. The molecular formula is C24H26ClFN2O6. The Hall–Kier alpha value is -2.91. The highest BCUT2D eigenvalue weighted by atomic mass is 35.5. The zero-order valence-corrected chi connectivity index (χ0v) is 19.9. The smallest absolute Gasteiger partial charge is 0.274 e. The molecule has 34 heavy (non-hydrogen) atoms. The largest absolute Gasteiger partial charge is 0.503 e. The minimum atomic E-state index is -0.912. The topological polar surface area (TPSA) is 98.1 Å². The van der Waals surface area contributed by atoms with Gasteiger partial charge in [-0.1, -0.05) is 17.7 Å². The second-order valence-electron chi connectivity index (χ2n) is 8.74. The molecule has 2 aromatic rings. The van der Waals surface area contributed by atoms with Crippen molar-refractivity contribution in [2.75, 3.05) is 33.9 Å². The molecule has 1 N–H and O–H groups in total. The molecule has 1 amide bonds. The highest BCUT2D eigenvalue weighted by Gasteiger charge is 2.60. The summed E-state index contributed by atoms with van der Waals surface area (Å²) in [5.41, 5.74) is -1.62. The van der Waals surface area contributed by atoms with Gasteiger partial charge >= 0.3 is 0 Å². The number of likely N-dealkylation sites (N-methyl/N-ethyl adjacent to an activating group) is 1. The van der Waals surface area contributed by atoms with Gasteiger partial charge in [-0.05, 0) is 31.4 Å². The Morgan fingerprint density at radius 2 is 2.09 bits per heavy atom. The molecule has 10 heteroatoms. The van der Waals surface area contributed by atoms with Crippen molar-refractivity contribution in [3.63, 3.8) is 0 Å². The van der Waals surface area contributed by atoms with Gasteiger partial charge in [-0.25, -0.2) is 4.39 Å². The Balaban J connectivity index is 1.66. The number of halogens is 2. The number of hydrogen-bond donors (Lipinski definition) is 1. The minimum absolute atomic E-state index is 0.00386. The Bertz CT molecular complexity index is 1230. The Morgan fingerprint density at radius 3 is 2.76 bits per heavy atom. The van der Waals surface area contributed by atoms with Crippen LogP contribution in [0.5, 0.6) is 11.5 Å². The van der Waals surface area contributed by atoms with Crippen molar-refractivity contribution in [2.24, 2.45) is 5.92 Å². The molecule has 2 aliphatic rings. The van der Waals surface area contributed by atoms with Crippen LogP contribution in [0.15, 0.2) is 23.1 Å². The predicted molar refractivity (Wildman–Crippen MR) is 123 cm³/mol. The number of aryl methyl sites for hydroxylation is 1. The van der Waals surface area contributed by atoms with Crippen LogP contribution in [-0.4, -0.2) is 60.2 Å². The summed E-state index contributed by atoms with van der Waals surface area (Å²) >= 11 is 5.95. The lowest BCUT2D eigenvalue weighted by atomic mass is 10.00. The van der Waals surface area contributed by atoms with Gasteiger partial charge in [0.05, 0.1) is 24.8 Å². The number of methoxy groups -OCH3 is 1. The monoisotopic (exact) mass is 492 g/mol. The van der Waals surface area contributed by atoms with Crippen LogP contribution in [-0.2, 0) is 16.7 Å². The highest BCUT2D eigenvalue weighted by molar-refractivity contribution is 6.32. The molecule has 1 fully saturated rings. The molecule has 0 radical (unpaired) electrons. The van der Waals surface area contributed by atoms with Gasteiger partial charge in [0.15, 0.2) is 17.2 Å². The van der Waals surface area contributed by atoms with Crippen molar-refractivity contribution in [1.82, 2.24) is 9.47 Å². The molecule has 1 aliphatic heterocycles. The van der Waals surface area contributed by atoms with Gasteiger partial charge in [-0.2, -0.15) is 0 Å². The first-order valence-corrected chi connectivity index (χ1v) is 11.4. The summed E-state index contributed by atoms with van der Waals surface area (Å²) in [4.78, 5) is 40.1. The average Bonchev–Trinajstić information content (AvgIpc) is 3.51. The van der Waals surface area contributed by atoms with E-state index in [0.717, 1.165) is 0 Å². The van der Waals surface area contributed by atoms with Crippen molar-refractivity contribution >= 4 is 23.3 Å². The summed E-state index contributed by atoms with van der Waals surface area (Å²) in [6.45, 7) is 3.27. The number of pyridine rings is 1. The zero-order valence-electron chi connectivity index (χ0n) is 19.2. The molecule has 2 unspecified atom stereocenters. The van der Waals surface area contributed by atoms with Crippen LogP contribution in [0, 0.1) is 11.7 Å². The summed E-state index contributed by atoms with van der Waals surface area (Å²) in [6, 6.07) is 2.97. The van der Waals surface area contributed by atoms with Crippen molar-refractivity contribution in [1.29, 1.82) is 0 Å². The third-order valence-corrected chi connectivity index (χ3v) is 7.07. The number of Topliss-reactive ketones (excluding diaryl/α,β-unsaturated/α-hetero) is 1. The van der Waals surface area contributed by atoms with E-state index in [1.54, 1.807) is 11.6 Å². The molecule has 1 aromatic heterocycles. The Labute approximate surface area is 200 Å². The first-order valence-electron chi connectivity index (χ1n) is 11.0. The van der Waals surface area contributed by atoms with Gasteiger partial charge in [0, 0.05) is 38.7 Å². The number of aromatic hydroxyl groups is 1. The van der Waals surface area contributed by atoms with E-state index in [0.29, 0.717) is 26.2 Å². The number of rotatable bonds is 8. The lowest BCUT2D eigenvalue weighted by molar-refractivity contribution is 0.0651. The molecule has 8 nitrogen and oxygen atoms in total. The molecule has 1 saturated carbocycles. The summed E-state index contributed by atoms with van der Waals surface area (Å²) in [5.74, 6) is -2.24. The quantitative estimate of drug-likeness (QED) is 0.569. The second kappa shape index (κ2) is 9.03. The Morgan fingerprint density at radius 1 is 1.35 bits per heavy atom. The number of carbonyl (C=O) groups is 2. The predicted octanol–water partition coefficient (Wildman–Crippen LogP) is 3.01. The van der Waals surface area contributed by atoms with Crippen LogP contribution in [0.4, 0.5) is 4.39 Å². The van der Waals surface area contributed by atoms with E-state index in [4.69, 9.17) is 21.1 Å². The number of ether oxygens (including phenoxy) is 2. The van der Waals surface area contributed by atoms with Crippen molar-refractivity contribution in [3.05, 3.63) is 56.2 Å². The lowest BCUT2D eigenvalue weighted by Crippen LogP contribution is -2.48. The van der Waals surface area contributed by atoms with Crippen LogP contribution in [0.1, 0.15) is 46.2 Å². The van der Waals surface area contributed by atoms with Gasteiger partial charge in [-0.15, -0.1) is 0 Å². The van der Waals surface area contributed by atoms with Crippen LogP contribution < -0.4 is 10.2 Å². The summed E-state index contributed by atoms with van der Waals surface area (Å²) in [7, 11) is 2.98. The molecule has 4 rings (SSSR count). The van der Waals surface area contributed by atoms with Crippen molar-refractivity contribution < 1.29 is 28.6 Å². The van der Waals surface area contributed by atoms with E-state index in [2.05, 4.69) is 0 Å². The van der Waals surface area contributed by atoms with Gasteiger partial charge in [0.2, 0.25) is 5.43 Å². The maximum Gasteiger partial charge on any atom is 0.274 e. The van der Waals surface area contributed by atoms with E-state index < -0.39 is 34.2 Å². The van der Waals surface area contributed by atoms with E-state index in [9.17, 15) is 23.9 Å². The van der Waals surface area contributed by atoms with Crippen LogP contribution >= 0.6 is 11.6 Å². The van der Waals surface area contributed by atoms with E-state index in [-0.39, 0.29) is 46.4 Å². The number of carbonyl (C=O) groups excluding carboxylic acids is 2. The van der Waals surface area contributed by atoms with Crippen molar-refractivity contribution in [3.8, 4) is 11.5 Å². The standard InChI is InChI=1S/C24H26ClFN2O6/c1-4-34-11-14-9-24(14)12-27(2)23(32)20-22(31)21(30)15(10-28(20)24)16(29)7-5-13-6-8-17(33-3)18(25)19(13)26/h6,8,10,14,31H,4-5,7,9,11-12H2,1-3H3. The molecule has 182 valence electrons. The van der Waals surface area contributed by atoms with Crippen LogP contribution in [0.2, 0.25) is 5.02 Å². The van der Waals surface area contributed by atoms with Gasteiger partial charge in [0.25, 0.3) is 5.91 Å². The fourth-order valence-corrected chi connectivity index (χ4v) is 4.99. The number of hydrogen-bond acceptors (Lipinski definition) is 6. The number of ketones is 1. The highest BCUT2D eigenvalue weighted by Crippen LogP contribution is 2.53. The maximum absolute atomic E-state index is 14.5. The number of benzene rings is 1. The number of amides is 1. The summed E-state index contributed by atoms with van der Waals surface area (Å²) in [5, 5.41) is 10.5. The molecule has 2 atom stereocenters. The molecule has 1 spiro atoms. The fourth-order valence-electron chi connectivity index (χ4n) is 4.73. The zero-order chi connectivity index (χ0) is 24.8. The SMILES string of the molecule is CCOCC1CC12CN(C)C(=O)c1c(O)c(=O)c(C(=O)CCc3ccc(OC)c(Cl)c3F)cn12. The van der Waals surface area contributed by atoms with Gasteiger partial charge in [-0.3, -0.25) is 14.4 Å². The average molecular weight is 493 g/mol. The lowest BCUT2D eigenvalue weighted by Gasteiger charge is -2.36. The van der Waals surface area contributed by atoms with Gasteiger partial charge < -0.3 is 24.0 Å². The maximum atomic E-state index is 14.5. The van der Waals surface area contributed by atoms with E-state index in [1.807, 2.05) is 6.92 Å². The number of aromatic nitrogens is 1.